The molecule has 0 saturated carbocycles. The molecule has 33 heavy (non-hydrogen) atoms. The molecule has 0 bridgehead atoms. The monoisotopic (exact) mass is 471 g/mol. The topological polar surface area (TPSA) is 122 Å². The van der Waals surface area contributed by atoms with E-state index in [0.717, 1.165) is 29.4 Å². The van der Waals surface area contributed by atoms with Gasteiger partial charge in [0.1, 0.15) is 10.7 Å². The average molecular weight is 472 g/mol. The molecule has 9 nitrogen and oxygen atoms in total. The first kappa shape index (κ1) is 22.8. The van der Waals surface area contributed by atoms with Crippen LogP contribution in [0.15, 0.2) is 47.4 Å². The Balaban J connectivity index is 1.70. The molecule has 10 heteroatoms. The fourth-order valence-electron chi connectivity index (χ4n) is 4.09. The number of nitrogens with zero attached hydrogens (tertiary/aromatic N) is 2. The second-order valence-corrected chi connectivity index (χ2v) is 9.67. The third-order valence-electron chi connectivity index (χ3n) is 5.68. The van der Waals surface area contributed by atoms with Crippen molar-refractivity contribution in [1.29, 1.82) is 0 Å². The van der Waals surface area contributed by atoms with Crippen LogP contribution >= 0.6 is 0 Å². The highest BCUT2D eigenvalue weighted by molar-refractivity contribution is 7.89. The van der Waals surface area contributed by atoms with Crippen LogP contribution in [-0.2, 0) is 14.8 Å². The molecule has 1 aliphatic rings. The van der Waals surface area contributed by atoms with Crippen LogP contribution in [0.4, 0.5) is 0 Å². The zero-order valence-electron chi connectivity index (χ0n) is 18.3. The summed E-state index contributed by atoms with van der Waals surface area (Å²) in [5, 5.41) is 8.95. The van der Waals surface area contributed by atoms with Gasteiger partial charge in [-0.2, -0.15) is 4.31 Å². The Bertz CT molecular complexity index is 1280. The number of fused-ring (bicyclic) bond motifs is 1. The van der Waals surface area contributed by atoms with E-state index in [-0.39, 0.29) is 28.9 Å². The number of carboxylic acids is 1. The number of rotatable bonds is 7. The lowest BCUT2D eigenvalue weighted by Crippen LogP contribution is -2.39. The van der Waals surface area contributed by atoms with Gasteiger partial charge in [-0.05, 0) is 48.7 Å². The van der Waals surface area contributed by atoms with Crippen LogP contribution in [0.3, 0.4) is 0 Å². The number of imidazole rings is 1. The van der Waals surface area contributed by atoms with E-state index in [1.54, 1.807) is 0 Å². The number of piperidine rings is 1. The lowest BCUT2D eigenvalue weighted by molar-refractivity contribution is -0.131. The predicted molar refractivity (Wildman–Crippen MR) is 123 cm³/mol. The predicted octanol–water partition coefficient (Wildman–Crippen LogP) is 3.25. The molecule has 1 saturated heterocycles. The van der Waals surface area contributed by atoms with E-state index >= 15 is 0 Å². The first-order valence-electron chi connectivity index (χ1n) is 10.5. The minimum atomic E-state index is -3.96. The van der Waals surface area contributed by atoms with Crippen molar-refractivity contribution in [2.75, 3.05) is 27.3 Å². The quantitative estimate of drug-likeness (QED) is 0.507. The van der Waals surface area contributed by atoms with E-state index in [9.17, 15) is 13.2 Å². The smallest absolute Gasteiger partial charge is 0.328 e. The van der Waals surface area contributed by atoms with E-state index in [4.69, 9.17) is 14.6 Å². The highest BCUT2D eigenvalue weighted by Crippen LogP contribution is 2.39. The van der Waals surface area contributed by atoms with Crippen molar-refractivity contribution < 1.29 is 27.8 Å². The Morgan fingerprint density at radius 2 is 2.03 bits per heavy atom. The maximum Gasteiger partial charge on any atom is 0.328 e. The molecule has 0 radical (unpaired) electrons. The molecule has 2 aromatic carbocycles. The molecular formula is C23H25N3O6S. The fraction of sp³-hybridized carbons (Fsp3) is 0.304. The summed E-state index contributed by atoms with van der Waals surface area (Å²) < 4.78 is 39.5. The number of hydrogen-bond donors (Lipinski definition) is 2. The third-order valence-corrected chi connectivity index (χ3v) is 7.55. The molecule has 174 valence electrons. The Kier molecular flexibility index (Phi) is 6.39. The normalized spacial score (nSPS) is 17.5. The maximum absolute atomic E-state index is 13.7. The van der Waals surface area contributed by atoms with Gasteiger partial charge in [-0.25, -0.2) is 18.2 Å². The Hall–Kier alpha value is -3.37. The van der Waals surface area contributed by atoms with Crippen LogP contribution in [-0.4, -0.2) is 61.1 Å². The molecule has 3 aromatic rings. The summed E-state index contributed by atoms with van der Waals surface area (Å²) in [5.41, 5.74) is 2.13. The summed E-state index contributed by atoms with van der Waals surface area (Å²) in [6, 6.07) is 10.6. The highest BCUT2D eigenvalue weighted by Gasteiger charge is 2.35. The van der Waals surface area contributed by atoms with Gasteiger partial charge in [0.2, 0.25) is 10.0 Å². The number of sulfonamides is 1. The van der Waals surface area contributed by atoms with Crippen molar-refractivity contribution in [3.63, 3.8) is 0 Å². The summed E-state index contributed by atoms with van der Waals surface area (Å²) in [4.78, 5) is 18.8. The van der Waals surface area contributed by atoms with Crippen molar-refractivity contribution >= 4 is 33.1 Å². The first-order chi connectivity index (χ1) is 15.8. The molecule has 2 N–H and O–H groups in total. The number of aromatic nitrogens is 2. The van der Waals surface area contributed by atoms with Gasteiger partial charge >= 0.3 is 5.97 Å². The summed E-state index contributed by atoms with van der Waals surface area (Å²) in [5.74, 6) is -0.174. The highest BCUT2D eigenvalue weighted by atomic mass is 32.2. The summed E-state index contributed by atoms with van der Waals surface area (Å²) in [6.07, 6.45) is 3.75. The lowest BCUT2D eigenvalue weighted by atomic mass is 9.99. The molecule has 0 aliphatic carbocycles. The van der Waals surface area contributed by atoms with Gasteiger partial charge in [0, 0.05) is 25.1 Å². The summed E-state index contributed by atoms with van der Waals surface area (Å²) in [6.45, 7) is 0.628. The van der Waals surface area contributed by atoms with E-state index < -0.39 is 16.0 Å². The van der Waals surface area contributed by atoms with Gasteiger partial charge in [0.15, 0.2) is 11.5 Å². The Labute approximate surface area is 191 Å². The summed E-state index contributed by atoms with van der Waals surface area (Å²) in [7, 11) is -1.19. The van der Waals surface area contributed by atoms with Gasteiger partial charge in [0.05, 0.1) is 25.3 Å². The van der Waals surface area contributed by atoms with Crippen LogP contribution in [0.5, 0.6) is 11.5 Å². The second kappa shape index (κ2) is 9.24. The Morgan fingerprint density at radius 3 is 2.73 bits per heavy atom. The lowest BCUT2D eigenvalue weighted by Gasteiger charge is -2.31. The molecule has 1 aromatic heterocycles. The van der Waals surface area contributed by atoms with E-state index in [0.29, 0.717) is 18.5 Å². The van der Waals surface area contributed by atoms with Crippen molar-refractivity contribution in [3.8, 4) is 11.5 Å². The fourth-order valence-corrected chi connectivity index (χ4v) is 5.82. The maximum atomic E-state index is 13.7. The number of carbonyl (C=O) groups is 1. The van der Waals surface area contributed by atoms with Gasteiger partial charge in [0.25, 0.3) is 0 Å². The average Bonchev–Trinajstić information content (AvgIpc) is 3.26. The first-order valence-corrected chi connectivity index (χ1v) is 11.9. The summed E-state index contributed by atoms with van der Waals surface area (Å²) >= 11 is 0. The second-order valence-electron chi connectivity index (χ2n) is 7.77. The number of aliphatic carboxylic acids is 1. The minimum absolute atomic E-state index is 0.0698. The van der Waals surface area contributed by atoms with Crippen LogP contribution in [0.2, 0.25) is 0 Å². The number of carboxylic acid groups (broad SMARTS) is 1. The number of benzene rings is 2. The van der Waals surface area contributed by atoms with Gasteiger partial charge in [-0.3, -0.25) is 0 Å². The largest absolute Gasteiger partial charge is 0.493 e. The molecule has 1 unspecified atom stereocenters. The van der Waals surface area contributed by atoms with Crippen LogP contribution in [0, 0.1) is 0 Å². The molecule has 1 aliphatic heterocycles. The van der Waals surface area contributed by atoms with Crippen LogP contribution < -0.4 is 9.47 Å². The zero-order chi connectivity index (χ0) is 23.6. The number of H-pyrrole nitrogens is 1. The van der Waals surface area contributed by atoms with Gasteiger partial charge in [-0.1, -0.05) is 12.1 Å². The van der Waals surface area contributed by atoms with Crippen molar-refractivity contribution in [1.82, 2.24) is 14.3 Å². The number of nitrogens with one attached hydrogen (secondary N) is 1. The number of hydrogen-bond acceptors (Lipinski definition) is 6. The van der Waals surface area contributed by atoms with E-state index in [1.165, 1.54) is 36.7 Å². The SMILES string of the molecule is COc1cc(/C=C/C(=O)O)cc(S(=O)(=O)N2CCCC(c3nc4ccccc4[nH]3)C2)c1OC. The molecule has 0 amide bonds. The van der Waals surface area contributed by atoms with Crippen LogP contribution in [0.1, 0.15) is 30.1 Å². The molecule has 1 fully saturated rings. The van der Waals surface area contributed by atoms with Crippen molar-refractivity contribution in [2.24, 2.45) is 0 Å². The van der Waals surface area contributed by atoms with Crippen molar-refractivity contribution in [2.45, 2.75) is 23.7 Å². The van der Waals surface area contributed by atoms with Crippen LogP contribution in [0.25, 0.3) is 17.1 Å². The standard InChI is InChI=1S/C23H25N3O6S/c1-31-19-12-15(9-10-21(27)28)13-20(22(19)32-2)33(29,30)26-11-5-6-16(14-26)23-24-17-7-3-4-8-18(17)25-23/h3-4,7-10,12-13,16H,5-6,11,14H2,1-2H3,(H,24,25)(H,27,28)/b10-9+. The number of methoxy groups -OCH3 is 2. The zero-order valence-corrected chi connectivity index (χ0v) is 19.1. The molecule has 4 rings (SSSR count). The number of ether oxygens (including phenoxy) is 2. The molecule has 1 atom stereocenters. The minimum Gasteiger partial charge on any atom is -0.493 e. The van der Waals surface area contributed by atoms with Gasteiger partial charge < -0.3 is 19.6 Å². The molecule has 2 heterocycles. The van der Waals surface area contributed by atoms with E-state index in [1.807, 2.05) is 24.3 Å². The van der Waals surface area contributed by atoms with E-state index in [2.05, 4.69) is 9.97 Å². The number of aromatic amines is 1. The third kappa shape index (κ3) is 4.57. The van der Waals surface area contributed by atoms with Crippen molar-refractivity contribution in [3.05, 3.63) is 53.9 Å². The van der Waals surface area contributed by atoms with Gasteiger partial charge in [-0.15, -0.1) is 0 Å². The Morgan fingerprint density at radius 1 is 1.24 bits per heavy atom. The molecular weight excluding hydrogens is 446 g/mol. The molecule has 0 spiro atoms. The number of para-hydroxylation sites is 2.